The van der Waals surface area contributed by atoms with Crippen LogP contribution in [0.2, 0.25) is 0 Å². The smallest absolute Gasteiger partial charge is 0.196 e. The summed E-state index contributed by atoms with van der Waals surface area (Å²) < 4.78 is 5.24. The first-order valence-electron chi connectivity index (χ1n) is 5.86. The molecule has 0 saturated carbocycles. The van der Waals surface area contributed by atoms with Gasteiger partial charge in [0.15, 0.2) is 5.96 Å². The van der Waals surface area contributed by atoms with Crippen LogP contribution in [-0.4, -0.2) is 25.7 Å². The second-order valence-electron chi connectivity index (χ2n) is 4.58. The van der Waals surface area contributed by atoms with Crippen LogP contribution in [0.1, 0.15) is 13.8 Å². The van der Waals surface area contributed by atoms with Crippen molar-refractivity contribution in [3.63, 3.8) is 0 Å². The normalized spacial score (nSPS) is 19.6. The molecule has 1 unspecified atom stereocenters. The highest BCUT2D eigenvalue weighted by Crippen LogP contribution is 2.27. The first-order chi connectivity index (χ1) is 8.13. The van der Waals surface area contributed by atoms with Crippen molar-refractivity contribution in [2.24, 2.45) is 16.6 Å². The van der Waals surface area contributed by atoms with Gasteiger partial charge in [0.1, 0.15) is 5.75 Å². The van der Waals surface area contributed by atoms with Crippen molar-refractivity contribution in [2.45, 2.75) is 19.9 Å². The van der Waals surface area contributed by atoms with Crippen LogP contribution < -0.4 is 15.4 Å². The molecule has 0 fully saturated rings. The van der Waals surface area contributed by atoms with Crippen LogP contribution in [0.25, 0.3) is 0 Å². The third-order valence-electron chi connectivity index (χ3n) is 3.12. The molecular formula is C13H19N3O. The molecule has 17 heavy (non-hydrogen) atoms. The average molecular weight is 233 g/mol. The lowest BCUT2D eigenvalue weighted by Crippen LogP contribution is -2.43. The van der Waals surface area contributed by atoms with E-state index in [2.05, 4.69) is 23.7 Å². The molecule has 2 rings (SSSR count). The predicted octanol–water partition coefficient (Wildman–Crippen LogP) is 1.85. The number of anilines is 1. The van der Waals surface area contributed by atoms with Gasteiger partial charge in [-0.15, -0.1) is 0 Å². The van der Waals surface area contributed by atoms with Crippen LogP contribution >= 0.6 is 0 Å². The molecule has 1 aliphatic heterocycles. The number of nitrogens with two attached hydrogens (primary N) is 1. The second kappa shape index (κ2) is 4.65. The van der Waals surface area contributed by atoms with Gasteiger partial charge in [-0.2, -0.15) is 0 Å². The van der Waals surface area contributed by atoms with Gasteiger partial charge in [0.05, 0.1) is 19.7 Å². The van der Waals surface area contributed by atoms with Crippen LogP contribution in [0.5, 0.6) is 5.75 Å². The summed E-state index contributed by atoms with van der Waals surface area (Å²) in [6, 6.07) is 8.26. The molecule has 0 saturated heterocycles. The van der Waals surface area contributed by atoms with Crippen molar-refractivity contribution in [1.82, 2.24) is 0 Å². The first-order valence-corrected chi connectivity index (χ1v) is 5.86. The number of ether oxygens (including phenoxy) is 1. The fraction of sp³-hybridized carbons (Fsp3) is 0.462. The summed E-state index contributed by atoms with van der Waals surface area (Å²) in [6.07, 6.45) is 0. The van der Waals surface area contributed by atoms with Crippen molar-refractivity contribution < 1.29 is 4.74 Å². The quantitative estimate of drug-likeness (QED) is 0.867. The third-order valence-corrected chi connectivity index (χ3v) is 3.12. The molecule has 0 aromatic heterocycles. The summed E-state index contributed by atoms with van der Waals surface area (Å²) in [5.41, 5.74) is 7.01. The first kappa shape index (κ1) is 11.8. The number of hydrogen-bond acceptors (Lipinski definition) is 4. The zero-order chi connectivity index (χ0) is 12.4. The van der Waals surface area contributed by atoms with Crippen molar-refractivity contribution in [1.29, 1.82) is 0 Å². The zero-order valence-corrected chi connectivity index (χ0v) is 10.6. The number of nitrogens with zero attached hydrogens (tertiary/aromatic N) is 2. The Morgan fingerprint density at radius 3 is 2.88 bits per heavy atom. The Hall–Kier alpha value is -1.71. The van der Waals surface area contributed by atoms with Gasteiger partial charge in [-0.25, -0.2) is 0 Å². The highest BCUT2D eigenvalue weighted by atomic mass is 16.5. The van der Waals surface area contributed by atoms with Gasteiger partial charge in [-0.1, -0.05) is 19.9 Å². The van der Waals surface area contributed by atoms with E-state index in [1.807, 2.05) is 24.3 Å². The molecule has 2 N–H and O–H groups in total. The Morgan fingerprint density at radius 1 is 1.47 bits per heavy atom. The summed E-state index contributed by atoms with van der Waals surface area (Å²) in [5.74, 6) is 1.94. The lowest BCUT2D eigenvalue weighted by molar-refractivity contribution is 0.414. The van der Waals surface area contributed by atoms with Gasteiger partial charge in [0.25, 0.3) is 0 Å². The zero-order valence-electron chi connectivity index (χ0n) is 10.6. The van der Waals surface area contributed by atoms with E-state index in [0.29, 0.717) is 17.9 Å². The van der Waals surface area contributed by atoms with Crippen LogP contribution in [0.15, 0.2) is 29.3 Å². The Balaban J connectivity index is 2.32. The van der Waals surface area contributed by atoms with E-state index in [0.717, 1.165) is 18.0 Å². The minimum Gasteiger partial charge on any atom is -0.497 e. The maximum Gasteiger partial charge on any atom is 0.196 e. The third kappa shape index (κ3) is 2.20. The maximum absolute atomic E-state index is 5.97. The Kier molecular flexibility index (Phi) is 3.22. The molecule has 0 aliphatic carbocycles. The van der Waals surface area contributed by atoms with Gasteiger partial charge in [-0.05, 0) is 18.1 Å². The highest BCUT2D eigenvalue weighted by Gasteiger charge is 2.29. The van der Waals surface area contributed by atoms with E-state index in [4.69, 9.17) is 10.5 Å². The van der Waals surface area contributed by atoms with Crippen LogP contribution in [-0.2, 0) is 0 Å². The lowest BCUT2D eigenvalue weighted by Gasteiger charge is -2.29. The van der Waals surface area contributed by atoms with Gasteiger partial charge in [0, 0.05) is 11.8 Å². The number of methoxy groups -OCH3 is 1. The molecule has 1 aromatic carbocycles. The predicted molar refractivity (Wildman–Crippen MR) is 70.6 cm³/mol. The van der Waals surface area contributed by atoms with E-state index in [9.17, 15) is 0 Å². The molecule has 1 aliphatic rings. The molecular weight excluding hydrogens is 214 g/mol. The Bertz CT molecular complexity index is 428. The van der Waals surface area contributed by atoms with Crippen molar-refractivity contribution in [2.75, 3.05) is 18.6 Å². The van der Waals surface area contributed by atoms with Crippen LogP contribution in [0.4, 0.5) is 5.69 Å². The van der Waals surface area contributed by atoms with Crippen molar-refractivity contribution >= 4 is 11.6 Å². The summed E-state index contributed by atoms with van der Waals surface area (Å²) in [5, 5.41) is 0. The van der Waals surface area contributed by atoms with E-state index >= 15 is 0 Å². The summed E-state index contributed by atoms with van der Waals surface area (Å²) >= 11 is 0. The topological polar surface area (TPSA) is 50.9 Å². The molecule has 92 valence electrons. The number of guanidine groups is 1. The molecule has 0 amide bonds. The molecule has 0 radical (unpaired) electrons. The standard InChI is InChI=1S/C13H19N3O/c1-9(2)12-8-15-13(14)16(12)10-5-4-6-11(7-10)17-3/h4-7,9,12H,8H2,1-3H3,(H2,14,15). The molecule has 0 bridgehead atoms. The van der Waals surface area contributed by atoms with E-state index < -0.39 is 0 Å². The minimum absolute atomic E-state index is 0.335. The monoisotopic (exact) mass is 233 g/mol. The SMILES string of the molecule is COc1cccc(N2C(N)=NCC2C(C)C)c1. The number of rotatable bonds is 3. The largest absolute Gasteiger partial charge is 0.497 e. The molecule has 0 spiro atoms. The summed E-state index contributed by atoms with van der Waals surface area (Å²) in [7, 11) is 1.67. The molecule has 4 nitrogen and oxygen atoms in total. The fourth-order valence-corrected chi connectivity index (χ4v) is 2.11. The van der Waals surface area contributed by atoms with Gasteiger partial charge in [0.2, 0.25) is 0 Å². The minimum atomic E-state index is 0.335. The van der Waals surface area contributed by atoms with E-state index in [-0.39, 0.29) is 0 Å². The van der Waals surface area contributed by atoms with Gasteiger partial charge >= 0.3 is 0 Å². The molecule has 4 heteroatoms. The van der Waals surface area contributed by atoms with Crippen LogP contribution in [0.3, 0.4) is 0 Å². The maximum atomic E-state index is 5.97. The highest BCUT2D eigenvalue weighted by molar-refractivity contribution is 5.97. The number of aliphatic imine (C=N–C) groups is 1. The summed E-state index contributed by atoms with van der Waals surface area (Å²) in [4.78, 5) is 6.42. The lowest BCUT2D eigenvalue weighted by atomic mass is 10.0. The van der Waals surface area contributed by atoms with Gasteiger partial charge in [-0.3, -0.25) is 4.99 Å². The Labute approximate surface area is 102 Å². The van der Waals surface area contributed by atoms with Crippen molar-refractivity contribution in [3.8, 4) is 5.75 Å². The average Bonchev–Trinajstić information content (AvgIpc) is 2.71. The van der Waals surface area contributed by atoms with E-state index in [1.165, 1.54) is 0 Å². The fourth-order valence-electron chi connectivity index (χ4n) is 2.11. The van der Waals surface area contributed by atoms with Crippen LogP contribution in [0, 0.1) is 5.92 Å². The van der Waals surface area contributed by atoms with E-state index in [1.54, 1.807) is 7.11 Å². The van der Waals surface area contributed by atoms with Crippen molar-refractivity contribution in [3.05, 3.63) is 24.3 Å². The molecule has 1 heterocycles. The van der Waals surface area contributed by atoms with Gasteiger partial charge < -0.3 is 15.4 Å². The second-order valence-corrected chi connectivity index (χ2v) is 4.58. The molecule has 1 aromatic rings. The molecule has 1 atom stereocenters. The number of hydrogen-bond donors (Lipinski definition) is 1. The Morgan fingerprint density at radius 2 is 2.24 bits per heavy atom. The summed E-state index contributed by atoms with van der Waals surface area (Å²) in [6.45, 7) is 5.14. The number of benzene rings is 1.